The van der Waals surface area contributed by atoms with Crippen LogP contribution in [0.4, 0.5) is 0 Å². The molecule has 0 spiro atoms. The van der Waals surface area contributed by atoms with Gasteiger partial charge in [0.1, 0.15) is 0 Å². The van der Waals surface area contributed by atoms with E-state index in [0.29, 0.717) is 0 Å². The van der Waals surface area contributed by atoms with Crippen LogP contribution in [0.2, 0.25) is 0 Å². The lowest BCUT2D eigenvalue weighted by molar-refractivity contribution is 0.112. The molecular weight excluding hydrogens is 240 g/mol. The Kier molecular flexibility index (Phi) is 4.21. The topological polar surface area (TPSA) is 17.1 Å². The van der Waals surface area contributed by atoms with Crippen LogP contribution in [0.3, 0.4) is 0 Å². The zero-order valence-electron chi connectivity index (χ0n) is 10.6. The molecule has 92 valence electrons. The predicted molar refractivity (Wildman–Crippen MR) is 77.3 cm³/mol. The molecule has 0 aliphatic heterocycles. The van der Waals surface area contributed by atoms with Gasteiger partial charge < -0.3 is 0 Å². The Balaban J connectivity index is 2.16. The maximum atomic E-state index is 11.0. The molecule has 0 fully saturated rings. The summed E-state index contributed by atoms with van der Waals surface area (Å²) in [5.41, 5.74) is 4.52. The van der Waals surface area contributed by atoms with E-state index in [1.54, 1.807) is 11.8 Å². The molecule has 2 aromatic rings. The van der Waals surface area contributed by atoms with Gasteiger partial charge in [-0.05, 0) is 37.1 Å². The van der Waals surface area contributed by atoms with Gasteiger partial charge in [0.05, 0.1) is 0 Å². The molecule has 2 heteroatoms. The number of rotatable bonds is 4. The van der Waals surface area contributed by atoms with E-state index >= 15 is 0 Å². The van der Waals surface area contributed by atoms with E-state index in [-0.39, 0.29) is 0 Å². The average Bonchev–Trinajstić information content (AvgIpc) is 2.39. The highest BCUT2D eigenvalue weighted by Crippen LogP contribution is 2.27. The van der Waals surface area contributed by atoms with Crippen molar-refractivity contribution in [2.75, 3.05) is 0 Å². The summed E-state index contributed by atoms with van der Waals surface area (Å²) in [6.07, 6.45) is 0.938. The van der Waals surface area contributed by atoms with Crippen LogP contribution in [0.15, 0.2) is 47.4 Å². The van der Waals surface area contributed by atoms with E-state index in [4.69, 9.17) is 0 Å². The molecule has 0 bridgehead atoms. The van der Waals surface area contributed by atoms with Crippen LogP contribution >= 0.6 is 11.8 Å². The number of hydrogen-bond acceptors (Lipinski definition) is 2. The van der Waals surface area contributed by atoms with E-state index in [1.165, 1.54) is 11.1 Å². The van der Waals surface area contributed by atoms with Gasteiger partial charge in [-0.3, -0.25) is 4.79 Å². The molecule has 0 aromatic heterocycles. The Morgan fingerprint density at radius 2 is 1.89 bits per heavy atom. The SMILES string of the molecule is Cc1ccc(SCc2ccccc2C)c(C=O)c1. The minimum absolute atomic E-state index is 0.786. The molecule has 0 N–H and O–H groups in total. The third-order valence-corrected chi connectivity index (χ3v) is 4.07. The predicted octanol–water partition coefficient (Wildman–Crippen LogP) is 4.41. The summed E-state index contributed by atoms with van der Waals surface area (Å²) in [4.78, 5) is 12.1. The lowest BCUT2D eigenvalue weighted by atomic mass is 10.1. The van der Waals surface area contributed by atoms with Gasteiger partial charge in [0.2, 0.25) is 0 Å². The first-order chi connectivity index (χ1) is 8.70. The number of hydrogen-bond donors (Lipinski definition) is 0. The fourth-order valence-electron chi connectivity index (χ4n) is 1.82. The minimum Gasteiger partial charge on any atom is -0.298 e. The highest BCUT2D eigenvalue weighted by Gasteiger charge is 2.04. The van der Waals surface area contributed by atoms with Crippen LogP contribution in [0.1, 0.15) is 27.0 Å². The van der Waals surface area contributed by atoms with Crippen LogP contribution in [0.5, 0.6) is 0 Å². The molecule has 0 unspecified atom stereocenters. The Bertz CT molecular complexity index is 561. The fourth-order valence-corrected chi connectivity index (χ4v) is 2.89. The standard InChI is InChI=1S/C16H16OS/c1-12-7-8-16(15(9-12)10-17)18-11-14-6-4-3-5-13(14)2/h3-10H,11H2,1-2H3. The molecular formula is C16H16OS. The molecule has 1 nitrogen and oxygen atoms in total. The molecule has 0 heterocycles. The van der Waals surface area contributed by atoms with Gasteiger partial charge >= 0.3 is 0 Å². The van der Waals surface area contributed by atoms with Crippen molar-refractivity contribution in [2.24, 2.45) is 0 Å². The molecule has 18 heavy (non-hydrogen) atoms. The van der Waals surface area contributed by atoms with Gasteiger partial charge in [0.25, 0.3) is 0 Å². The van der Waals surface area contributed by atoms with Crippen molar-refractivity contribution in [1.29, 1.82) is 0 Å². The second kappa shape index (κ2) is 5.87. The number of aldehydes is 1. The second-order valence-corrected chi connectivity index (χ2v) is 5.39. The van der Waals surface area contributed by atoms with Crippen molar-refractivity contribution < 1.29 is 4.79 Å². The summed E-state index contributed by atoms with van der Waals surface area (Å²) in [5, 5.41) is 0. The number of carbonyl (C=O) groups excluding carboxylic acids is 1. The minimum atomic E-state index is 0.786. The normalized spacial score (nSPS) is 10.3. The average molecular weight is 256 g/mol. The summed E-state index contributed by atoms with van der Waals surface area (Å²) in [7, 11) is 0. The first kappa shape index (κ1) is 12.9. The van der Waals surface area contributed by atoms with Gasteiger partial charge in [0.15, 0.2) is 6.29 Å². The smallest absolute Gasteiger partial charge is 0.151 e. The van der Waals surface area contributed by atoms with Crippen LogP contribution < -0.4 is 0 Å². The van der Waals surface area contributed by atoms with Crippen LogP contribution in [-0.2, 0) is 5.75 Å². The van der Waals surface area contributed by atoms with Gasteiger partial charge in [0, 0.05) is 16.2 Å². The fraction of sp³-hybridized carbons (Fsp3) is 0.188. The van der Waals surface area contributed by atoms with E-state index in [2.05, 4.69) is 25.1 Å². The van der Waals surface area contributed by atoms with Crippen molar-refractivity contribution in [1.82, 2.24) is 0 Å². The van der Waals surface area contributed by atoms with Crippen molar-refractivity contribution in [3.05, 3.63) is 64.7 Å². The molecule has 2 aromatic carbocycles. The summed E-state index contributed by atoms with van der Waals surface area (Å²) in [6.45, 7) is 4.12. The summed E-state index contributed by atoms with van der Waals surface area (Å²) in [6, 6.07) is 14.4. The third-order valence-electron chi connectivity index (χ3n) is 2.94. The van der Waals surface area contributed by atoms with Gasteiger partial charge in [-0.2, -0.15) is 0 Å². The molecule has 0 aliphatic carbocycles. The number of carbonyl (C=O) groups is 1. The lowest BCUT2D eigenvalue weighted by Crippen LogP contribution is -1.89. The van der Waals surface area contributed by atoms with Crippen LogP contribution in [0, 0.1) is 13.8 Å². The molecule has 0 saturated carbocycles. The molecule has 0 saturated heterocycles. The second-order valence-electron chi connectivity index (χ2n) is 4.37. The highest BCUT2D eigenvalue weighted by molar-refractivity contribution is 7.98. The Morgan fingerprint density at radius 3 is 2.61 bits per heavy atom. The summed E-state index contributed by atoms with van der Waals surface area (Å²) >= 11 is 1.72. The maximum Gasteiger partial charge on any atom is 0.151 e. The van der Waals surface area contributed by atoms with E-state index < -0.39 is 0 Å². The summed E-state index contributed by atoms with van der Waals surface area (Å²) < 4.78 is 0. The molecule has 2 rings (SSSR count). The van der Waals surface area contributed by atoms with E-state index in [0.717, 1.165) is 28.1 Å². The van der Waals surface area contributed by atoms with Gasteiger partial charge in [-0.1, -0.05) is 35.9 Å². The van der Waals surface area contributed by atoms with Crippen molar-refractivity contribution in [3.63, 3.8) is 0 Å². The van der Waals surface area contributed by atoms with Crippen LogP contribution in [0.25, 0.3) is 0 Å². The zero-order valence-corrected chi connectivity index (χ0v) is 11.5. The first-order valence-electron chi connectivity index (χ1n) is 5.94. The number of aryl methyl sites for hydroxylation is 2. The van der Waals surface area contributed by atoms with E-state index in [1.807, 2.05) is 31.2 Å². The summed E-state index contributed by atoms with van der Waals surface area (Å²) in [5.74, 6) is 0.899. The highest BCUT2D eigenvalue weighted by atomic mass is 32.2. The van der Waals surface area contributed by atoms with E-state index in [9.17, 15) is 4.79 Å². The number of benzene rings is 2. The lowest BCUT2D eigenvalue weighted by Gasteiger charge is -2.07. The Labute approximate surface area is 112 Å². The molecule has 0 amide bonds. The Morgan fingerprint density at radius 1 is 1.11 bits per heavy atom. The quantitative estimate of drug-likeness (QED) is 0.595. The molecule has 0 atom stereocenters. The van der Waals surface area contributed by atoms with Crippen molar-refractivity contribution >= 4 is 18.0 Å². The maximum absolute atomic E-state index is 11.0. The monoisotopic (exact) mass is 256 g/mol. The first-order valence-corrected chi connectivity index (χ1v) is 6.92. The van der Waals surface area contributed by atoms with Crippen LogP contribution in [-0.4, -0.2) is 6.29 Å². The van der Waals surface area contributed by atoms with Crippen molar-refractivity contribution in [2.45, 2.75) is 24.5 Å². The largest absolute Gasteiger partial charge is 0.298 e. The molecule has 0 radical (unpaired) electrons. The van der Waals surface area contributed by atoms with Gasteiger partial charge in [-0.25, -0.2) is 0 Å². The number of thioether (sulfide) groups is 1. The molecule has 0 aliphatic rings. The third kappa shape index (κ3) is 3.02. The Hall–Kier alpha value is -1.54. The zero-order chi connectivity index (χ0) is 13.0. The van der Waals surface area contributed by atoms with Gasteiger partial charge in [-0.15, -0.1) is 11.8 Å². The van der Waals surface area contributed by atoms with Crippen molar-refractivity contribution in [3.8, 4) is 0 Å².